The Kier molecular flexibility index (Phi) is 6.84. The van der Waals surface area contributed by atoms with Crippen LogP contribution in [0.4, 0.5) is 17.1 Å². The molecule has 1 aliphatic rings. The maximum Gasteiger partial charge on any atom is 0.135 e. The van der Waals surface area contributed by atoms with Gasteiger partial charge in [0, 0.05) is 33.3 Å². The minimum atomic E-state index is -0.0925. The molecule has 0 amide bonds. The van der Waals surface area contributed by atoms with Gasteiger partial charge in [-0.15, -0.1) is 0 Å². The van der Waals surface area contributed by atoms with Gasteiger partial charge in [0.25, 0.3) is 0 Å². The number of hydrogen-bond donors (Lipinski definition) is 0. The van der Waals surface area contributed by atoms with E-state index in [2.05, 4.69) is 176 Å². The molecule has 0 radical (unpaired) electrons. The quantitative estimate of drug-likeness (QED) is 0.182. The van der Waals surface area contributed by atoms with Crippen LogP contribution in [-0.2, 0) is 5.41 Å². The molecule has 8 aromatic rings. The van der Waals surface area contributed by atoms with Crippen molar-refractivity contribution >= 4 is 28.0 Å². The van der Waals surface area contributed by atoms with Gasteiger partial charge in [0.1, 0.15) is 11.3 Å². The zero-order valence-corrected chi connectivity index (χ0v) is 27.6. The average Bonchev–Trinajstić information content (AvgIpc) is 3.70. The van der Waals surface area contributed by atoms with Crippen LogP contribution in [0.5, 0.6) is 0 Å². The lowest BCUT2D eigenvalue weighted by molar-refractivity contribution is 0.631. The molecule has 2 nitrogen and oxygen atoms in total. The van der Waals surface area contributed by atoms with Crippen LogP contribution >= 0.6 is 0 Å². The monoisotopic (exact) mass is 629 g/mol. The molecule has 0 atom stereocenters. The molecule has 1 heterocycles. The zero-order valence-electron chi connectivity index (χ0n) is 27.6. The fourth-order valence-corrected chi connectivity index (χ4v) is 7.64. The van der Waals surface area contributed by atoms with Crippen molar-refractivity contribution in [1.82, 2.24) is 0 Å². The van der Waals surface area contributed by atoms with Gasteiger partial charge >= 0.3 is 0 Å². The molecular formula is C47H35NO. The maximum absolute atomic E-state index is 6.23. The number of hydrogen-bond acceptors (Lipinski definition) is 2. The number of fused-ring (bicyclic) bond motifs is 4. The molecule has 2 heteroatoms. The van der Waals surface area contributed by atoms with Crippen LogP contribution in [0.3, 0.4) is 0 Å². The third-order valence-corrected chi connectivity index (χ3v) is 10.1. The van der Waals surface area contributed by atoms with E-state index in [-0.39, 0.29) is 5.41 Å². The Labute approximate surface area is 287 Å². The van der Waals surface area contributed by atoms with Crippen molar-refractivity contribution in [3.05, 3.63) is 187 Å². The molecule has 0 bridgehead atoms. The summed E-state index contributed by atoms with van der Waals surface area (Å²) in [5.41, 5.74) is 15.3. The van der Waals surface area contributed by atoms with Gasteiger partial charge in [-0.1, -0.05) is 129 Å². The van der Waals surface area contributed by atoms with Crippen LogP contribution in [0.25, 0.3) is 55.7 Å². The summed E-state index contributed by atoms with van der Waals surface area (Å²) in [6, 6.07) is 63.1. The number of nitrogens with zero attached hydrogens (tertiary/aromatic N) is 1. The second-order valence-corrected chi connectivity index (χ2v) is 13.4. The molecule has 0 N–H and O–H groups in total. The minimum Gasteiger partial charge on any atom is -0.456 e. The van der Waals surface area contributed by atoms with Gasteiger partial charge in [-0.05, 0) is 99.6 Å². The first kappa shape index (κ1) is 29.1. The van der Waals surface area contributed by atoms with Crippen LogP contribution in [0.15, 0.2) is 180 Å². The Morgan fingerprint density at radius 2 is 1.08 bits per heavy atom. The van der Waals surface area contributed by atoms with Crippen LogP contribution in [0.1, 0.15) is 25.0 Å². The smallest absolute Gasteiger partial charge is 0.135 e. The lowest BCUT2D eigenvalue weighted by Crippen LogP contribution is -2.15. The van der Waals surface area contributed by atoms with Crippen LogP contribution in [0.2, 0.25) is 0 Å². The summed E-state index contributed by atoms with van der Waals surface area (Å²) in [6.07, 6.45) is 0. The molecule has 234 valence electrons. The maximum atomic E-state index is 6.23. The predicted octanol–water partition coefficient (Wildman–Crippen LogP) is 13.2. The van der Waals surface area contributed by atoms with Gasteiger partial charge in [-0.25, -0.2) is 0 Å². The topological polar surface area (TPSA) is 16.4 Å². The highest BCUT2D eigenvalue weighted by Crippen LogP contribution is 2.54. The van der Waals surface area contributed by atoms with Crippen LogP contribution in [-0.4, -0.2) is 0 Å². The van der Waals surface area contributed by atoms with Crippen LogP contribution < -0.4 is 4.90 Å². The fourth-order valence-electron chi connectivity index (χ4n) is 7.64. The fraction of sp³-hybridized carbons (Fsp3) is 0.0638. The largest absolute Gasteiger partial charge is 0.456 e. The molecule has 0 unspecified atom stereocenters. The van der Waals surface area contributed by atoms with Crippen molar-refractivity contribution < 1.29 is 4.42 Å². The van der Waals surface area contributed by atoms with E-state index in [1.54, 1.807) is 0 Å². The summed E-state index contributed by atoms with van der Waals surface area (Å²) in [5, 5.41) is 1.11. The van der Waals surface area contributed by atoms with E-state index in [4.69, 9.17) is 4.42 Å². The number of furan rings is 1. The van der Waals surface area contributed by atoms with Crippen molar-refractivity contribution in [1.29, 1.82) is 0 Å². The summed E-state index contributed by atoms with van der Waals surface area (Å²) in [5.74, 6) is 0.869. The zero-order chi connectivity index (χ0) is 33.0. The van der Waals surface area contributed by atoms with Gasteiger partial charge in [0.05, 0.1) is 5.69 Å². The highest BCUT2D eigenvalue weighted by molar-refractivity contribution is 5.99. The molecule has 49 heavy (non-hydrogen) atoms. The highest BCUT2D eigenvalue weighted by atomic mass is 16.3. The molecule has 1 aliphatic carbocycles. The molecule has 9 rings (SSSR count). The third kappa shape index (κ3) is 4.88. The number of para-hydroxylation sites is 2. The lowest BCUT2D eigenvalue weighted by atomic mass is 9.82. The standard InChI is InChI=1S/C47H35NO/c1-47(2)41-21-11-10-19-39(41)46-38(20-13-22-42(46)47)40-30-34(32-14-5-3-6-15-32)26-29-43(40)48(36-17-7-4-8-18-36)37-27-24-33(25-28-37)45-31-35-16-9-12-23-44(35)49-45/h3-31H,1-2H3. The summed E-state index contributed by atoms with van der Waals surface area (Å²) in [4.78, 5) is 2.39. The van der Waals surface area contributed by atoms with Crippen molar-refractivity contribution in [2.24, 2.45) is 0 Å². The Bertz CT molecular complexity index is 2420. The van der Waals surface area contributed by atoms with Gasteiger partial charge in [0.2, 0.25) is 0 Å². The molecule has 7 aromatic carbocycles. The van der Waals surface area contributed by atoms with Gasteiger partial charge in [-0.3, -0.25) is 0 Å². The molecule has 0 fully saturated rings. The summed E-state index contributed by atoms with van der Waals surface area (Å²) in [7, 11) is 0. The molecular weight excluding hydrogens is 595 g/mol. The second-order valence-electron chi connectivity index (χ2n) is 13.4. The van der Waals surface area contributed by atoms with Crippen molar-refractivity contribution in [2.75, 3.05) is 4.90 Å². The molecule has 0 spiro atoms. The van der Waals surface area contributed by atoms with Crippen molar-refractivity contribution in [3.63, 3.8) is 0 Å². The molecule has 0 aliphatic heterocycles. The second kappa shape index (κ2) is 11.5. The average molecular weight is 630 g/mol. The van der Waals surface area contributed by atoms with Crippen molar-refractivity contribution in [2.45, 2.75) is 19.3 Å². The summed E-state index contributed by atoms with van der Waals surface area (Å²) < 4.78 is 6.23. The minimum absolute atomic E-state index is 0.0925. The van der Waals surface area contributed by atoms with E-state index in [9.17, 15) is 0 Å². The Morgan fingerprint density at radius 1 is 0.449 bits per heavy atom. The van der Waals surface area contributed by atoms with Gasteiger partial charge in [0.15, 0.2) is 0 Å². The highest BCUT2D eigenvalue weighted by Gasteiger charge is 2.37. The van der Waals surface area contributed by atoms with Gasteiger partial charge in [-0.2, -0.15) is 0 Å². The summed E-state index contributed by atoms with van der Waals surface area (Å²) >= 11 is 0. The third-order valence-electron chi connectivity index (χ3n) is 10.1. The van der Waals surface area contributed by atoms with E-state index in [0.29, 0.717) is 0 Å². The normalized spacial score (nSPS) is 12.9. The first-order valence-corrected chi connectivity index (χ1v) is 16.9. The first-order valence-electron chi connectivity index (χ1n) is 16.9. The Morgan fingerprint density at radius 3 is 1.88 bits per heavy atom. The van der Waals surface area contributed by atoms with Crippen molar-refractivity contribution in [3.8, 4) is 44.7 Å². The van der Waals surface area contributed by atoms with E-state index < -0.39 is 0 Å². The van der Waals surface area contributed by atoms with E-state index in [1.807, 2.05) is 18.2 Å². The summed E-state index contributed by atoms with van der Waals surface area (Å²) in [6.45, 7) is 4.70. The van der Waals surface area contributed by atoms with E-state index in [1.165, 1.54) is 44.5 Å². The number of anilines is 3. The van der Waals surface area contributed by atoms with E-state index in [0.717, 1.165) is 39.4 Å². The van der Waals surface area contributed by atoms with E-state index >= 15 is 0 Å². The SMILES string of the molecule is CC1(C)c2ccccc2-c2c(-c3cc(-c4ccccc4)ccc3N(c3ccccc3)c3ccc(-c4cc5ccccc5o4)cc3)cccc21. The van der Waals surface area contributed by atoms with Crippen LogP contribution in [0, 0.1) is 0 Å². The molecule has 1 aromatic heterocycles. The molecule has 0 saturated heterocycles. The first-order chi connectivity index (χ1) is 24.1. The van der Waals surface area contributed by atoms with Gasteiger partial charge < -0.3 is 9.32 Å². The molecule has 0 saturated carbocycles. The predicted molar refractivity (Wildman–Crippen MR) is 205 cm³/mol. The number of benzene rings is 7. The Balaban J connectivity index is 1.26. The lowest BCUT2D eigenvalue weighted by Gasteiger charge is -2.29. The number of rotatable bonds is 6. The Hall–Kier alpha value is -6.12.